The van der Waals surface area contributed by atoms with Crippen LogP contribution in [-0.2, 0) is 13.0 Å². The molecule has 0 fully saturated rings. The Balaban J connectivity index is 1.59. The van der Waals surface area contributed by atoms with Gasteiger partial charge >= 0.3 is 0 Å². The molecule has 4 nitrogen and oxygen atoms in total. The van der Waals surface area contributed by atoms with Crippen LogP contribution in [0, 0.1) is 13.8 Å². The smallest absolute Gasteiger partial charge is 0.278 e. The van der Waals surface area contributed by atoms with E-state index in [4.69, 9.17) is 4.74 Å². The highest BCUT2D eigenvalue weighted by Gasteiger charge is 2.17. The van der Waals surface area contributed by atoms with Crippen LogP contribution in [-0.4, -0.2) is 15.7 Å². The fraction of sp³-hybridized carbons (Fsp3) is 0.407. The number of aryl methyl sites for hydroxylation is 1. The van der Waals surface area contributed by atoms with Crippen molar-refractivity contribution in [2.24, 2.45) is 0 Å². The van der Waals surface area contributed by atoms with Gasteiger partial charge in [0.1, 0.15) is 12.4 Å². The average molecular weight is 419 g/mol. The molecule has 2 aromatic carbocycles. The molecule has 0 atom stereocenters. The molecule has 1 heterocycles. The van der Waals surface area contributed by atoms with E-state index in [2.05, 4.69) is 12.0 Å². The number of hydrogen-bond donors (Lipinski definition) is 0. The Bertz CT molecular complexity index is 959. The molecule has 0 spiro atoms. The number of aromatic nitrogens is 2. The van der Waals surface area contributed by atoms with E-state index in [0.717, 1.165) is 35.5 Å². The van der Waals surface area contributed by atoms with Crippen molar-refractivity contribution >= 4 is 5.91 Å². The van der Waals surface area contributed by atoms with Crippen molar-refractivity contribution in [3.8, 4) is 5.75 Å². The minimum absolute atomic E-state index is 0.0931. The van der Waals surface area contributed by atoms with Gasteiger partial charge < -0.3 is 4.74 Å². The first-order chi connectivity index (χ1) is 15.1. The van der Waals surface area contributed by atoms with E-state index in [1.807, 2.05) is 68.4 Å². The molecule has 4 heteroatoms. The number of ether oxygens (including phenoxy) is 1. The van der Waals surface area contributed by atoms with Crippen molar-refractivity contribution in [3.63, 3.8) is 0 Å². The first-order valence-corrected chi connectivity index (χ1v) is 11.5. The molecule has 0 saturated heterocycles. The first kappa shape index (κ1) is 22.8. The second-order valence-corrected chi connectivity index (χ2v) is 8.18. The molecule has 3 aromatic rings. The highest BCUT2D eigenvalue weighted by Crippen LogP contribution is 2.20. The summed E-state index contributed by atoms with van der Waals surface area (Å²) < 4.78 is 7.38. The summed E-state index contributed by atoms with van der Waals surface area (Å²) >= 11 is 0. The van der Waals surface area contributed by atoms with Gasteiger partial charge in [0.15, 0.2) is 0 Å². The molecular formula is C27H34N2O2. The highest BCUT2D eigenvalue weighted by atomic mass is 16.5. The molecule has 0 aliphatic rings. The van der Waals surface area contributed by atoms with Crippen LogP contribution in [0.1, 0.15) is 78.3 Å². The summed E-state index contributed by atoms with van der Waals surface area (Å²) in [6, 6.07) is 17.4. The van der Waals surface area contributed by atoms with Gasteiger partial charge in [-0.1, -0.05) is 69.4 Å². The number of nitrogens with zero attached hydrogens (tertiary/aromatic N) is 2. The predicted molar refractivity (Wildman–Crippen MR) is 126 cm³/mol. The number of hydrogen-bond acceptors (Lipinski definition) is 3. The molecule has 0 aliphatic carbocycles. The summed E-state index contributed by atoms with van der Waals surface area (Å²) in [6.45, 7) is 6.75. The van der Waals surface area contributed by atoms with Crippen molar-refractivity contribution in [2.75, 3.05) is 0 Å². The van der Waals surface area contributed by atoms with Crippen LogP contribution in [0.25, 0.3) is 0 Å². The van der Waals surface area contributed by atoms with Gasteiger partial charge in [-0.2, -0.15) is 5.10 Å². The Labute approximate surface area is 186 Å². The molecule has 0 N–H and O–H groups in total. The zero-order chi connectivity index (χ0) is 22.1. The summed E-state index contributed by atoms with van der Waals surface area (Å²) in [5, 5.41) is 4.55. The third kappa shape index (κ3) is 6.30. The quantitative estimate of drug-likeness (QED) is 0.327. The fourth-order valence-corrected chi connectivity index (χ4v) is 3.87. The predicted octanol–water partition coefficient (Wildman–Crippen LogP) is 6.67. The standard InChI is InChI=1S/C27H34N2O2/c1-4-5-6-7-8-12-15-26-21(2)28-29(22(26)3)27(30)24-16-18-25(19-17-24)31-20-23-13-10-9-11-14-23/h9-11,13-14,16-19H,4-8,12,15,20H2,1-3H3. The minimum Gasteiger partial charge on any atom is -0.489 e. The number of carbonyl (C=O) groups is 1. The molecule has 1 aromatic heterocycles. The van der Waals surface area contributed by atoms with Crippen LogP contribution in [0.3, 0.4) is 0 Å². The molecule has 0 radical (unpaired) electrons. The topological polar surface area (TPSA) is 44.1 Å². The van der Waals surface area contributed by atoms with Crippen LogP contribution in [0.4, 0.5) is 0 Å². The maximum absolute atomic E-state index is 13.0. The highest BCUT2D eigenvalue weighted by molar-refractivity contribution is 5.96. The molecule has 3 rings (SSSR count). The molecular weight excluding hydrogens is 384 g/mol. The van der Waals surface area contributed by atoms with Crippen molar-refractivity contribution in [1.82, 2.24) is 9.78 Å². The Kier molecular flexibility index (Phi) is 8.45. The average Bonchev–Trinajstić information content (AvgIpc) is 3.08. The molecule has 31 heavy (non-hydrogen) atoms. The monoisotopic (exact) mass is 418 g/mol. The van der Waals surface area contributed by atoms with E-state index < -0.39 is 0 Å². The molecule has 0 aliphatic heterocycles. The number of unbranched alkanes of at least 4 members (excludes halogenated alkanes) is 5. The van der Waals surface area contributed by atoms with Gasteiger partial charge in [-0.25, -0.2) is 4.68 Å². The van der Waals surface area contributed by atoms with E-state index in [0.29, 0.717) is 12.2 Å². The van der Waals surface area contributed by atoms with Crippen LogP contribution >= 0.6 is 0 Å². The molecule has 0 amide bonds. The molecule has 0 bridgehead atoms. The summed E-state index contributed by atoms with van der Waals surface area (Å²) in [4.78, 5) is 13.0. The molecule has 0 saturated carbocycles. The van der Waals surface area contributed by atoms with E-state index >= 15 is 0 Å². The lowest BCUT2D eigenvalue weighted by molar-refractivity contribution is 0.0942. The maximum atomic E-state index is 13.0. The van der Waals surface area contributed by atoms with Gasteiger partial charge in [0.25, 0.3) is 5.91 Å². The van der Waals surface area contributed by atoms with Gasteiger partial charge in [0, 0.05) is 11.3 Å². The number of rotatable bonds is 11. The molecule has 164 valence electrons. The van der Waals surface area contributed by atoms with Gasteiger partial charge in [-0.15, -0.1) is 0 Å². The summed E-state index contributed by atoms with van der Waals surface area (Å²) in [5.74, 6) is 0.655. The van der Waals surface area contributed by atoms with Gasteiger partial charge in [-0.05, 0) is 62.1 Å². The van der Waals surface area contributed by atoms with Crippen molar-refractivity contribution in [2.45, 2.75) is 72.3 Å². The van der Waals surface area contributed by atoms with Gasteiger partial charge in [0.05, 0.1) is 5.69 Å². The van der Waals surface area contributed by atoms with Crippen molar-refractivity contribution in [1.29, 1.82) is 0 Å². The Morgan fingerprint density at radius 3 is 2.29 bits per heavy atom. The number of carbonyl (C=O) groups excluding carboxylic acids is 1. The third-order valence-electron chi connectivity index (χ3n) is 5.76. The largest absolute Gasteiger partial charge is 0.489 e. The zero-order valence-corrected chi connectivity index (χ0v) is 19.1. The van der Waals surface area contributed by atoms with Gasteiger partial charge in [-0.3, -0.25) is 4.79 Å². The van der Waals surface area contributed by atoms with Crippen LogP contribution in [0.2, 0.25) is 0 Å². The third-order valence-corrected chi connectivity index (χ3v) is 5.76. The maximum Gasteiger partial charge on any atom is 0.278 e. The van der Waals surface area contributed by atoms with E-state index in [-0.39, 0.29) is 5.91 Å². The second-order valence-electron chi connectivity index (χ2n) is 8.18. The fourth-order valence-electron chi connectivity index (χ4n) is 3.87. The number of benzene rings is 2. The second kappa shape index (κ2) is 11.5. The Morgan fingerprint density at radius 1 is 0.903 bits per heavy atom. The van der Waals surface area contributed by atoms with E-state index in [1.165, 1.54) is 37.7 Å². The summed E-state index contributed by atoms with van der Waals surface area (Å²) in [7, 11) is 0. The normalized spacial score (nSPS) is 10.9. The van der Waals surface area contributed by atoms with Gasteiger partial charge in [0.2, 0.25) is 0 Å². The van der Waals surface area contributed by atoms with Crippen LogP contribution in [0.5, 0.6) is 5.75 Å². The first-order valence-electron chi connectivity index (χ1n) is 11.5. The lowest BCUT2D eigenvalue weighted by atomic mass is 10.0. The van der Waals surface area contributed by atoms with Crippen LogP contribution < -0.4 is 4.74 Å². The van der Waals surface area contributed by atoms with Crippen molar-refractivity contribution < 1.29 is 9.53 Å². The SMILES string of the molecule is CCCCCCCCc1c(C)nn(C(=O)c2ccc(OCc3ccccc3)cc2)c1C. The van der Waals surface area contributed by atoms with Crippen molar-refractivity contribution in [3.05, 3.63) is 82.7 Å². The summed E-state index contributed by atoms with van der Waals surface area (Å²) in [6.07, 6.45) is 8.58. The molecule has 0 unspecified atom stereocenters. The lowest BCUT2D eigenvalue weighted by Crippen LogP contribution is -2.15. The van der Waals surface area contributed by atoms with E-state index in [9.17, 15) is 4.79 Å². The Hall–Kier alpha value is -2.88. The lowest BCUT2D eigenvalue weighted by Gasteiger charge is -2.08. The Morgan fingerprint density at radius 2 is 1.58 bits per heavy atom. The van der Waals surface area contributed by atoms with E-state index in [1.54, 1.807) is 4.68 Å². The zero-order valence-electron chi connectivity index (χ0n) is 19.1. The van der Waals surface area contributed by atoms with Crippen LogP contribution in [0.15, 0.2) is 54.6 Å². The summed E-state index contributed by atoms with van der Waals surface area (Å²) in [5.41, 5.74) is 4.86. The minimum atomic E-state index is -0.0931.